The van der Waals surface area contributed by atoms with Gasteiger partial charge in [0.15, 0.2) is 0 Å². The summed E-state index contributed by atoms with van der Waals surface area (Å²) in [4.78, 5) is 4.52. The standard InChI is InChI=1S/C11H24N4S/c1-3-4-7-13-10(15-12)14-9-11(2)6-5-8-16-11/h3-9,12H2,1-2H3,(H2,13,14,15). The minimum Gasteiger partial charge on any atom is -0.355 e. The van der Waals surface area contributed by atoms with Crippen LogP contribution >= 0.6 is 11.8 Å². The van der Waals surface area contributed by atoms with Crippen molar-refractivity contribution in [2.24, 2.45) is 10.8 Å². The number of aliphatic imine (C=N–C) groups is 1. The third kappa shape index (κ3) is 4.61. The Hall–Kier alpha value is -0.420. The summed E-state index contributed by atoms with van der Waals surface area (Å²) in [5.41, 5.74) is 2.63. The van der Waals surface area contributed by atoms with Gasteiger partial charge < -0.3 is 5.32 Å². The lowest BCUT2D eigenvalue weighted by Crippen LogP contribution is -2.42. The van der Waals surface area contributed by atoms with Crippen LogP contribution in [0.1, 0.15) is 39.5 Å². The summed E-state index contributed by atoms with van der Waals surface area (Å²) in [7, 11) is 0. The summed E-state index contributed by atoms with van der Waals surface area (Å²) in [5, 5.41) is 3.22. The first-order chi connectivity index (χ1) is 7.70. The highest BCUT2D eigenvalue weighted by Crippen LogP contribution is 2.37. The molecule has 0 spiro atoms. The molecule has 1 aliphatic rings. The molecular formula is C11H24N4S. The smallest absolute Gasteiger partial charge is 0.205 e. The maximum Gasteiger partial charge on any atom is 0.205 e. The monoisotopic (exact) mass is 244 g/mol. The second-order valence-electron chi connectivity index (χ2n) is 4.49. The Kier molecular flexibility index (Phi) is 5.98. The van der Waals surface area contributed by atoms with Crippen LogP contribution in [0.25, 0.3) is 0 Å². The highest BCUT2D eigenvalue weighted by molar-refractivity contribution is 8.00. The molecule has 0 radical (unpaired) electrons. The predicted octanol–water partition coefficient (Wildman–Crippen LogP) is 1.48. The van der Waals surface area contributed by atoms with E-state index in [0.717, 1.165) is 25.5 Å². The van der Waals surface area contributed by atoms with Gasteiger partial charge >= 0.3 is 0 Å². The molecule has 0 amide bonds. The summed E-state index contributed by atoms with van der Waals surface area (Å²) < 4.78 is 0.314. The van der Waals surface area contributed by atoms with Crippen molar-refractivity contribution in [1.82, 2.24) is 10.7 Å². The Balaban J connectivity index is 2.33. The molecule has 0 aromatic carbocycles. The van der Waals surface area contributed by atoms with Gasteiger partial charge in [0.2, 0.25) is 5.96 Å². The fourth-order valence-electron chi connectivity index (χ4n) is 1.74. The van der Waals surface area contributed by atoms with Crippen molar-refractivity contribution in [3.05, 3.63) is 0 Å². The Labute approximate surface area is 103 Å². The Morgan fingerprint density at radius 3 is 2.94 bits per heavy atom. The van der Waals surface area contributed by atoms with E-state index in [1.807, 2.05) is 11.8 Å². The van der Waals surface area contributed by atoms with Crippen LogP contribution in [0.3, 0.4) is 0 Å². The van der Waals surface area contributed by atoms with Crippen molar-refractivity contribution < 1.29 is 0 Å². The van der Waals surface area contributed by atoms with Gasteiger partial charge in [-0.05, 0) is 31.9 Å². The molecule has 4 nitrogen and oxygen atoms in total. The number of nitrogens with zero attached hydrogens (tertiary/aromatic N) is 1. The normalized spacial score (nSPS) is 25.8. The minimum atomic E-state index is 0.314. The average Bonchev–Trinajstić information content (AvgIpc) is 2.71. The molecule has 94 valence electrons. The third-order valence-electron chi connectivity index (χ3n) is 2.83. The van der Waals surface area contributed by atoms with Crippen LogP contribution < -0.4 is 16.6 Å². The van der Waals surface area contributed by atoms with Gasteiger partial charge in [-0.25, -0.2) is 5.84 Å². The topological polar surface area (TPSA) is 62.4 Å². The first-order valence-electron chi connectivity index (χ1n) is 6.09. The zero-order chi connectivity index (χ0) is 11.9. The van der Waals surface area contributed by atoms with Gasteiger partial charge in [0.1, 0.15) is 0 Å². The predicted molar refractivity (Wildman–Crippen MR) is 72.6 cm³/mol. The van der Waals surface area contributed by atoms with Crippen molar-refractivity contribution >= 4 is 17.7 Å². The van der Waals surface area contributed by atoms with Gasteiger partial charge in [-0.2, -0.15) is 11.8 Å². The largest absolute Gasteiger partial charge is 0.355 e. The van der Waals surface area contributed by atoms with Crippen LogP contribution in [0.15, 0.2) is 4.99 Å². The lowest BCUT2D eigenvalue weighted by atomic mass is 10.1. The first kappa shape index (κ1) is 13.6. The molecule has 0 saturated carbocycles. The van der Waals surface area contributed by atoms with Crippen molar-refractivity contribution in [2.45, 2.75) is 44.3 Å². The van der Waals surface area contributed by atoms with E-state index in [-0.39, 0.29) is 0 Å². The molecule has 1 rings (SSSR count). The molecule has 0 aromatic rings. The van der Waals surface area contributed by atoms with Crippen LogP contribution in [-0.4, -0.2) is 29.5 Å². The number of hydrogen-bond donors (Lipinski definition) is 3. The quantitative estimate of drug-likeness (QED) is 0.225. The van der Waals surface area contributed by atoms with Gasteiger partial charge in [-0.15, -0.1) is 0 Å². The third-order valence-corrected chi connectivity index (χ3v) is 4.35. The molecule has 16 heavy (non-hydrogen) atoms. The number of rotatable bonds is 5. The zero-order valence-corrected chi connectivity index (χ0v) is 11.2. The molecule has 1 unspecified atom stereocenters. The fraction of sp³-hybridized carbons (Fsp3) is 0.909. The van der Waals surface area contributed by atoms with Gasteiger partial charge in [-0.3, -0.25) is 10.4 Å². The average molecular weight is 244 g/mol. The van der Waals surface area contributed by atoms with Gasteiger partial charge in [0.25, 0.3) is 0 Å². The van der Waals surface area contributed by atoms with Crippen molar-refractivity contribution in [3.8, 4) is 0 Å². The summed E-state index contributed by atoms with van der Waals surface area (Å²) in [6.45, 7) is 6.23. The van der Waals surface area contributed by atoms with E-state index in [1.165, 1.54) is 25.0 Å². The fourth-order valence-corrected chi connectivity index (χ4v) is 2.97. The highest BCUT2D eigenvalue weighted by Gasteiger charge is 2.29. The lowest BCUT2D eigenvalue weighted by Gasteiger charge is -2.20. The maximum atomic E-state index is 5.43. The molecule has 1 fully saturated rings. The summed E-state index contributed by atoms with van der Waals surface area (Å²) in [6, 6.07) is 0. The number of hydrazine groups is 1. The molecule has 0 bridgehead atoms. The number of hydrogen-bond acceptors (Lipinski definition) is 3. The van der Waals surface area contributed by atoms with E-state index in [0.29, 0.717) is 4.75 Å². The zero-order valence-electron chi connectivity index (χ0n) is 10.4. The Bertz CT molecular complexity index is 224. The molecular weight excluding hydrogens is 220 g/mol. The van der Waals surface area contributed by atoms with E-state index in [4.69, 9.17) is 5.84 Å². The summed E-state index contributed by atoms with van der Waals surface area (Å²) >= 11 is 2.02. The van der Waals surface area contributed by atoms with E-state index in [2.05, 4.69) is 29.6 Å². The second-order valence-corrected chi connectivity index (χ2v) is 6.17. The molecule has 1 atom stereocenters. The van der Waals surface area contributed by atoms with Crippen molar-refractivity contribution in [1.29, 1.82) is 0 Å². The Morgan fingerprint density at radius 1 is 1.56 bits per heavy atom. The van der Waals surface area contributed by atoms with Crippen molar-refractivity contribution in [2.75, 3.05) is 18.8 Å². The second kappa shape index (κ2) is 7.01. The molecule has 1 saturated heterocycles. The lowest BCUT2D eigenvalue weighted by molar-refractivity contribution is 0.613. The highest BCUT2D eigenvalue weighted by atomic mass is 32.2. The Morgan fingerprint density at radius 2 is 2.38 bits per heavy atom. The van der Waals surface area contributed by atoms with Crippen LogP contribution in [-0.2, 0) is 0 Å². The van der Waals surface area contributed by atoms with E-state index in [9.17, 15) is 0 Å². The molecule has 5 heteroatoms. The van der Waals surface area contributed by atoms with Crippen LogP contribution in [0.5, 0.6) is 0 Å². The molecule has 1 heterocycles. The molecule has 0 aromatic heterocycles. The molecule has 4 N–H and O–H groups in total. The van der Waals surface area contributed by atoms with E-state index >= 15 is 0 Å². The van der Waals surface area contributed by atoms with E-state index in [1.54, 1.807) is 0 Å². The van der Waals surface area contributed by atoms with Crippen LogP contribution in [0.4, 0.5) is 0 Å². The summed E-state index contributed by atoms with van der Waals surface area (Å²) in [5.74, 6) is 7.42. The number of guanidine groups is 1. The number of nitrogens with one attached hydrogen (secondary N) is 2. The molecule has 0 aliphatic carbocycles. The first-order valence-corrected chi connectivity index (χ1v) is 7.07. The van der Waals surface area contributed by atoms with Crippen LogP contribution in [0.2, 0.25) is 0 Å². The maximum absolute atomic E-state index is 5.43. The van der Waals surface area contributed by atoms with Crippen molar-refractivity contribution in [3.63, 3.8) is 0 Å². The SMILES string of the molecule is CCCCNC(=NCC1(C)CCCS1)NN. The van der Waals surface area contributed by atoms with E-state index < -0.39 is 0 Å². The molecule has 1 aliphatic heterocycles. The minimum absolute atomic E-state index is 0.314. The number of unbranched alkanes of at least 4 members (excludes halogenated alkanes) is 1. The summed E-state index contributed by atoms with van der Waals surface area (Å²) in [6.07, 6.45) is 4.89. The van der Waals surface area contributed by atoms with Gasteiger partial charge in [0, 0.05) is 11.3 Å². The van der Waals surface area contributed by atoms with Gasteiger partial charge in [0.05, 0.1) is 6.54 Å². The number of nitrogens with two attached hydrogens (primary N) is 1. The van der Waals surface area contributed by atoms with Gasteiger partial charge in [-0.1, -0.05) is 13.3 Å². The van der Waals surface area contributed by atoms with Crippen LogP contribution in [0, 0.1) is 0 Å². The number of thioether (sulfide) groups is 1.